The van der Waals surface area contributed by atoms with Gasteiger partial charge < -0.3 is 10.6 Å². The fourth-order valence-electron chi connectivity index (χ4n) is 0.906. The number of hydrogen-bond acceptors (Lipinski definition) is 3. The first kappa shape index (κ1) is 9.67. The quantitative estimate of drug-likeness (QED) is 0.641. The average Bonchev–Trinajstić information content (AvgIpc) is 2.19. The molecule has 1 aromatic rings. The van der Waals surface area contributed by atoms with Crippen molar-refractivity contribution in [3.8, 4) is 0 Å². The first-order valence-corrected chi connectivity index (χ1v) is 4.17. The standard InChI is InChI=1S/C9H13N3O/c1-10-6-7-12-9(13)8-2-4-11-5-3-8/h2-5,10H,6-7H2,1H3,(H,12,13). The van der Waals surface area contributed by atoms with E-state index in [-0.39, 0.29) is 5.91 Å². The van der Waals surface area contributed by atoms with E-state index in [1.165, 1.54) is 0 Å². The first-order valence-electron chi connectivity index (χ1n) is 4.17. The summed E-state index contributed by atoms with van der Waals surface area (Å²) in [5, 5.41) is 5.72. The van der Waals surface area contributed by atoms with Gasteiger partial charge in [-0.1, -0.05) is 0 Å². The predicted octanol–water partition coefficient (Wildman–Crippen LogP) is 0.0308. The van der Waals surface area contributed by atoms with Crippen LogP contribution in [0.1, 0.15) is 10.4 Å². The predicted molar refractivity (Wildman–Crippen MR) is 50.5 cm³/mol. The molecule has 0 aliphatic rings. The Morgan fingerprint density at radius 1 is 1.38 bits per heavy atom. The van der Waals surface area contributed by atoms with E-state index in [2.05, 4.69) is 15.6 Å². The molecular weight excluding hydrogens is 166 g/mol. The molecule has 1 aromatic heterocycles. The van der Waals surface area contributed by atoms with Crippen molar-refractivity contribution in [1.82, 2.24) is 15.6 Å². The maximum atomic E-state index is 11.4. The first-order chi connectivity index (χ1) is 6.34. The molecule has 1 amide bonds. The van der Waals surface area contributed by atoms with E-state index in [9.17, 15) is 4.79 Å². The van der Waals surface area contributed by atoms with Crippen LogP contribution in [0.5, 0.6) is 0 Å². The fourth-order valence-corrected chi connectivity index (χ4v) is 0.906. The Morgan fingerprint density at radius 2 is 2.08 bits per heavy atom. The molecule has 0 bridgehead atoms. The van der Waals surface area contributed by atoms with Gasteiger partial charge in [0.1, 0.15) is 0 Å². The fraction of sp³-hybridized carbons (Fsp3) is 0.333. The Kier molecular flexibility index (Phi) is 3.92. The Balaban J connectivity index is 2.40. The monoisotopic (exact) mass is 179 g/mol. The van der Waals surface area contributed by atoms with Gasteiger partial charge in [-0.2, -0.15) is 0 Å². The van der Waals surface area contributed by atoms with Gasteiger partial charge in [0.25, 0.3) is 5.91 Å². The minimum absolute atomic E-state index is 0.0577. The number of hydrogen-bond donors (Lipinski definition) is 2. The molecule has 0 aromatic carbocycles. The summed E-state index contributed by atoms with van der Waals surface area (Å²) in [6.07, 6.45) is 3.21. The molecule has 4 nitrogen and oxygen atoms in total. The summed E-state index contributed by atoms with van der Waals surface area (Å²) in [6, 6.07) is 3.38. The van der Waals surface area contributed by atoms with Gasteiger partial charge in [-0.25, -0.2) is 0 Å². The maximum Gasteiger partial charge on any atom is 0.251 e. The second kappa shape index (κ2) is 5.27. The number of carbonyl (C=O) groups is 1. The summed E-state index contributed by atoms with van der Waals surface area (Å²) in [5.41, 5.74) is 0.645. The molecule has 70 valence electrons. The molecule has 0 spiro atoms. The Morgan fingerprint density at radius 3 is 2.69 bits per heavy atom. The lowest BCUT2D eigenvalue weighted by Gasteiger charge is -2.03. The van der Waals surface area contributed by atoms with Crippen molar-refractivity contribution in [2.24, 2.45) is 0 Å². The van der Waals surface area contributed by atoms with Gasteiger partial charge in [0, 0.05) is 31.0 Å². The van der Waals surface area contributed by atoms with E-state index in [4.69, 9.17) is 0 Å². The van der Waals surface area contributed by atoms with Crippen LogP contribution in [0.3, 0.4) is 0 Å². The summed E-state index contributed by atoms with van der Waals surface area (Å²) in [7, 11) is 1.85. The van der Waals surface area contributed by atoms with Gasteiger partial charge in [0.15, 0.2) is 0 Å². The largest absolute Gasteiger partial charge is 0.351 e. The van der Waals surface area contributed by atoms with Crippen molar-refractivity contribution < 1.29 is 4.79 Å². The number of rotatable bonds is 4. The van der Waals surface area contributed by atoms with Crippen molar-refractivity contribution in [2.45, 2.75) is 0 Å². The highest BCUT2D eigenvalue weighted by atomic mass is 16.1. The van der Waals surface area contributed by atoms with E-state index in [1.54, 1.807) is 24.5 Å². The molecule has 0 atom stereocenters. The molecule has 0 aliphatic carbocycles. The average molecular weight is 179 g/mol. The number of pyridine rings is 1. The molecule has 1 rings (SSSR count). The molecule has 0 fully saturated rings. The van der Waals surface area contributed by atoms with Crippen molar-refractivity contribution in [3.05, 3.63) is 30.1 Å². The van der Waals surface area contributed by atoms with E-state index in [0.29, 0.717) is 12.1 Å². The van der Waals surface area contributed by atoms with Gasteiger partial charge in [-0.05, 0) is 19.2 Å². The highest BCUT2D eigenvalue weighted by Gasteiger charge is 2.01. The van der Waals surface area contributed by atoms with Crippen LogP contribution in [0.4, 0.5) is 0 Å². The molecule has 13 heavy (non-hydrogen) atoms. The Bertz CT molecular complexity index is 261. The summed E-state index contributed by atoms with van der Waals surface area (Å²) in [4.78, 5) is 15.2. The summed E-state index contributed by atoms with van der Waals surface area (Å²) >= 11 is 0. The van der Waals surface area contributed by atoms with Crippen molar-refractivity contribution in [1.29, 1.82) is 0 Å². The molecular formula is C9H13N3O. The second-order valence-electron chi connectivity index (χ2n) is 2.60. The lowest BCUT2D eigenvalue weighted by Crippen LogP contribution is -2.30. The van der Waals surface area contributed by atoms with Crippen LogP contribution < -0.4 is 10.6 Å². The van der Waals surface area contributed by atoms with Crippen LogP contribution in [0.2, 0.25) is 0 Å². The number of amides is 1. The second-order valence-corrected chi connectivity index (χ2v) is 2.60. The molecule has 0 saturated heterocycles. The van der Waals surface area contributed by atoms with Crippen LogP contribution in [0, 0.1) is 0 Å². The lowest BCUT2D eigenvalue weighted by molar-refractivity contribution is 0.0954. The minimum atomic E-state index is -0.0577. The zero-order chi connectivity index (χ0) is 9.52. The molecule has 0 radical (unpaired) electrons. The van der Waals surface area contributed by atoms with Crippen molar-refractivity contribution in [3.63, 3.8) is 0 Å². The lowest BCUT2D eigenvalue weighted by atomic mass is 10.2. The van der Waals surface area contributed by atoms with Crippen LogP contribution in [-0.2, 0) is 0 Å². The van der Waals surface area contributed by atoms with E-state index in [0.717, 1.165) is 6.54 Å². The van der Waals surface area contributed by atoms with Gasteiger partial charge in [0.2, 0.25) is 0 Å². The van der Waals surface area contributed by atoms with E-state index >= 15 is 0 Å². The summed E-state index contributed by atoms with van der Waals surface area (Å²) < 4.78 is 0. The number of nitrogens with one attached hydrogen (secondary N) is 2. The van der Waals surface area contributed by atoms with E-state index in [1.807, 2.05) is 7.05 Å². The van der Waals surface area contributed by atoms with E-state index < -0.39 is 0 Å². The Labute approximate surface area is 77.4 Å². The third-order valence-electron chi connectivity index (χ3n) is 1.60. The van der Waals surface area contributed by atoms with Gasteiger partial charge >= 0.3 is 0 Å². The summed E-state index contributed by atoms with van der Waals surface area (Å²) in [6.45, 7) is 1.41. The smallest absolute Gasteiger partial charge is 0.251 e. The minimum Gasteiger partial charge on any atom is -0.351 e. The van der Waals surface area contributed by atoms with Gasteiger partial charge in [-0.15, -0.1) is 0 Å². The molecule has 2 N–H and O–H groups in total. The third kappa shape index (κ3) is 3.21. The normalized spacial score (nSPS) is 9.62. The number of nitrogens with zero attached hydrogens (tertiary/aromatic N) is 1. The highest BCUT2D eigenvalue weighted by molar-refractivity contribution is 5.93. The number of carbonyl (C=O) groups excluding carboxylic acids is 1. The molecule has 0 aliphatic heterocycles. The van der Waals surface area contributed by atoms with Crippen LogP contribution in [0.25, 0.3) is 0 Å². The molecule has 0 saturated carbocycles. The van der Waals surface area contributed by atoms with Crippen LogP contribution in [-0.4, -0.2) is 31.0 Å². The van der Waals surface area contributed by atoms with Crippen LogP contribution >= 0.6 is 0 Å². The van der Waals surface area contributed by atoms with Crippen molar-refractivity contribution in [2.75, 3.05) is 20.1 Å². The zero-order valence-corrected chi connectivity index (χ0v) is 7.58. The molecule has 1 heterocycles. The number of likely N-dealkylation sites (N-methyl/N-ethyl adjacent to an activating group) is 1. The van der Waals surface area contributed by atoms with Crippen LogP contribution in [0.15, 0.2) is 24.5 Å². The topological polar surface area (TPSA) is 54.0 Å². The molecule has 4 heteroatoms. The zero-order valence-electron chi connectivity index (χ0n) is 7.58. The number of aromatic nitrogens is 1. The van der Waals surface area contributed by atoms with Gasteiger partial charge in [0.05, 0.1) is 0 Å². The third-order valence-corrected chi connectivity index (χ3v) is 1.60. The van der Waals surface area contributed by atoms with Gasteiger partial charge in [-0.3, -0.25) is 9.78 Å². The molecule has 0 unspecified atom stereocenters. The highest BCUT2D eigenvalue weighted by Crippen LogP contribution is 1.94. The summed E-state index contributed by atoms with van der Waals surface area (Å²) in [5.74, 6) is -0.0577. The maximum absolute atomic E-state index is 11.4. The Hall–Kier alpha value is -1.42. The SMILES string of the molecule is CNCCNC(=O)c1ccncc1. The van der Waals surface area contributed by atoms with Crippen molar-refractivity contribution >= 4 is 5.91 Å².